The van der Waals surface area contributed by atoms with Crippen LogP contribution in [0.1, 0.15) is 39.0 Å². The fourth-order valence-electron chi connectivity index (χ4n) is 2.54. The first kappa shape index (κ1) is 13.3. The minimum atomic E-state index is 0.249. The zero-order valence-corrected chi connectivity index (χ0v) is 11.7. The van der Waals surface area contributed by atoms with Crippen LogP contribution in [0.25, 0.3) is 0 Å². The van der Waals surface area contributed by atoms with Crippen molar-refractivity contribution in [1.82, 2.24) is 15.0 Å². The lowest BCUT2D eigenvalue weighted by atomic mass is 9.94. The fourth-order valence-corrected chi connectivity index (χ4v) is 2.69. The number of halogens is 1. The average molecular weight is 270 g/mol. The molecule has 1 aliphatic carbocycles. The van der Waals surface area contributed by atoms with Gasteiger partial charge in [0.25, 0.3) is 0 Å². The lowest BCUT2D eigenvalue weighted by Crippen LogP contribution is -2.38. The topological polar surface area (TPSA) is 53.9 Å². The second-order valence-corrected chi connectivity index (χ2v) is 4.89. The van der Waals surface area contributed by atoms with Gasteiger partial charge in [-0.2, -0.15) is 15.0 Å². The normalized spacial score (nSPS) is 16.6. The van der Waals surface area contributed by atoms with Gasteiger partial charge in [0, 0.05) is 19.6 Å². The first-order valence-electron chi connectivity index (χ1n) is 6.60. The molecule has 6 heteroatoms. The monoisotopic (exact) mass is 269 g/mol. The largest absolute Gasteiger partial charge is 0.357 e. The van der Waals surface area contributed by atoms with Crippen molar-refractivity contribution in [1.29, 1.82) is 0 Å². The minimum absolute atomic E-state index is 0.249. The Morgan fingerprint density at radius 3 is 2.56 bits per heavy atom. The molecular weight excluding hydrogens is 250 g/mol. The van der Waals surface area contributed by atoms with Gasteiger partial charge in [-0.05, 0) is 31.4 Å². The molecule has 1 saturated carbocycles. The van der Waals surface area contributed by atoms with E-state index in [4.69, 9.17) is 11.6 Å². The molecular formula is C12H20ClN5. The Hall–Kier alpha value is -1.10. The van der Waals surface area contributed by atoms with Crippen molar-refractivity contribution >= 4 is 23.5 Å². The van der Waals surface area contributed by atoms with E-state index >= 15 is 0 Å². The standard InChI is InChI=1S/C12H20ClN5/c1-3-18(9-7-5-4-6-8-9)12-16-10(13)15-11(14-2)17-12/h9H,3-8H2,1-2H3,(H,14,15,16,17). The smallest absolute Gasteiger partial charge is 0.231 e. The van der Waals surface area contributed by atoms with Crippen LogP contribution < -0.4 is 10.2 Å². The van der Waals surface area contributed by atoms with E-state index in [1.807, 2.05) is 0 Å². The highest BCUT2D eigenvalue weighted by atomic mass is 35.5. The van der Waals surface area contributed by atoms with Crippen molar-refractivity contribution < 1.29 is 0 Å². The molecule has 0 radical (unpaired) electrons. The van der Waals surface area contributed by atoms with Crippen LogP contribution in [0, 0.1) is 0 Å². The highest BCUT2D eigenvalue weighted by Gasteiger charge is 2.22. The Balaban J connectivity index is 2.22. The first-order valence-corrected chi connectivity index (χ1v) is 6.98. The van der Waals surface area contributed by atoms with Gasteiger partial charge < -0.3 is 10.2 Å². The van der Waals surface area contributed by atoms with Gasteiger partial charge in [-0.1, -0.05) is 19.3 Å². The highest BCUT2D eigenvalue weighted by molar-refractivity contribution is 6.28. The average Bonchev–Trinajstić information content (AvgIpc) is 2.40. The molecule has 1 aromatic rings. The third-order valence-electron chi connectivity index (χ3n) is 3.43. The van der Waals surface area contributed by atoms with Crippen LogP contribution in [0.5, 0.6) is 0 Å². The molecule has 0 bridgehead atoms. The van der Waals surface area contributed by atoms with Crippen molar-refractivity contribution in [3.8, 4) is 0 Å². The molecule has 100 valence electrons. The summed E-state index contributed by atoms with van der Waals surface area (Å²) in [5, 5.41) is 3.17. The van der Waals surface area contributed by atoms with Crippen LogP contribution in [0.3, 0.4) is 0 Å². The van der Waals surface area contributed by atoms with Crippen molar-refractivity contribution in [2.45, 2.75) is 45.1 Å². The van der Waals surface area contributed by atoms with Crippen LogP contribution in [-0.2, 0) is 0 Å². The molecule has 0 unspecified atom stereocenters. The molecule has 18 heavy (non-hydrogen) atoms. The quantitative estimate of drug-likeness (QED) is 0.911. The third-order valence-corrected chi connectivity index (χ3v) is 3.60. The van der Waals surface area contributed by atoms with E-state index in [9.17, 15) is 0 Å². The lowest BCUT2D eigenvalue weighted by Gasteiger charge is -2.33. The predicted molar refractivity (Wildman–Crippen MR) is 74.3 cm³/mol. The Morgan fingerprint density at radius 2 is 1.94 bits per heavy atom. The van der Waals surface area contributed by atoms with Crippen molar-refractivity contribution in [2.24, 2.45) is 0 Å². The molecule has 2 rings (SSSR count). The minimum Gasteiger partial charge on any atom is -0.357 e. The Morgan fingerprint density at radius 1 is 1.22 bits per heavy atom. The SMILES string of the molecule is CCN(c1nc(Cl)nc(NC)n1)C1CCCCC1. The van der Waals surface area contributed by atoms with Gasteiger partial charge in [-0.25, -0.2) is 0 Å². The summed E-state index contributed by atoms with van der Waals surface area (Å²) in [5.74, 6) is 1.22. The molecule has 1 N–H and O–H groups in total. The van der Waals surface area contributed by atoms with Crippen molar-refractivity contribution in [2.75, 3.05) is 23.8 Å². The summed E-state index contributed by atoms with van der Waals surface area (Å²) in [5.41, 5.74) is 0. The molecule has 0 aromatic carbocycles. The van der Waals surface area contributed by atoms with E-state index in [0.29, 0.717) is 17.9 Å². The number of hydrogen-bond donors (Lipinski definition) is 1. The molecule has 5 nitrogen and oxygen atoms in total. The van der Waals surface area contributed by atoms with Crippen molar-refractivity contribution in [3.63, 3.8) is 0 Å². The fraction of sp³-hybridized carbons (Fsp3) is 0.750. The van der Waals surface area contributed by atoms with Gasteiger partial charge in [0.15, 0.2) is 0 Å². The molecule has 1 aliphatic rings. The number of aromatic nitrogens is 3. The molecule has 1 fully saturated rings. The van der Waals surface area contributed by atoms with Gasteiger partial charge in [-0.3, -0.25) is 0 Å². The maximum atomic E-state index is 5.94. The molecule has 1 heterocycles. The number of rotatable bonds is 4. The van der Waals surface area contributed by atoms with Crippen LogP contribution >= 0.6 is 11.6 Å². The van der Waals surface area contributed by atoms with E-state index in [2.05, 4.69) is 32.1 Å². The molecule has 0 spiro atoms. The van der Waals surface area contributed by atoms with E-state index < -0.39 is 0 Å². The second kappa shape index (κ2) is 6.18. The second-order valence-electron chi connectivity index (χ2n) is 4.56. The molecule has 1 aromatic heterocycles. The number of anilines is 2. The number of nitrogens with one attached hydrogen (secondary N) is 1. The zero-order chi connectivity index (χ0) is 13.0. The summed E-state index contributed by atoms with van der Waals surface area (Å²) in [6.07, 6.45) is 6.35. The molecule has 0 aliphatic heterocycles. The summed E-state index contributed by atoms with van der Waals surface area (Å²) in [6.45, 7) is 3.03. The van der Waals surface area contributed by atoms with Crippen LogP contribution in [0.15, 0.2) is 0 Å². The molecule has 0 saturated heterocycles. The maximum Gasteiger partial charge on any atom is 0.231 e. The van der Waals surface area contributed by atoms with Crippen molar-refractivity contribution in [3.05, 3.63) is 5.28 Å². The van der Waals surface area contributed by atoms with Gasteiger partial charge in [-0.15, -0.1) is 0 Å². The van der Waals surface area contributed by atoms with E-state index in [1.165, 1.54) is 32.1 Å². The third kappa shape index (κ3) is 3.02. The summed E-state index contributed by atoms with van der Waals surface area (Å²) in [6, 6.07) is 0.534. The van der Waals surface area contributed by atoms with Crippen LogP contribution in [-0.4, -0.2) is 34.6 Å². The molecule has 0 amide bonds. The zero-order valence-electron chi connectivity index (χ0n) is 11.0. The van der Waals surface area contributed by atoms with E-state index in [0.717, 1.165) is 6.54 Å². The van der Waals surface area contributed by atoms with Gasteiger partial charge in [0.2, 0.25) is 17.2 Å². The summed E-state index contributed by atoms with van der Waals surface area (Å²) in [7, 11) is 1.78. The highest BCUT2D eigenvalue weighted by Crippen LogP contribution is 2.26. The Bertz CT molecular complexity index is 392. The number of nitrogens with zero attached hydrogens (tertiary/aromatic N) is 4. The Labute approximate surface area is 113 Å². The van der Waals surface area contributed by atoms with E-state index in [-0.39, 0.29) is 5.28 Å². The first-order chi connectivity index (χ1) is 8.74. The van der Waals surface area contributed by atoms with Crippen LogP contribution in [0.4, 0.5) is 11.9 Å². The van der Waals surface area contributed by atoms with Crippen LogP contribution in [0.2, 0.25) is 5.28 Å². The number of hydrogen-bond acceptors (Lipinski definition) is 5. The summed E-state index contributed by atoms with van der Waals surface area (Å²) in [4.78, 5) is 14.9. The Kier molecular flexibility index (Phi) is 4.58. The van der Waals surface area contributed by atoms with Gasteiger partial charge in [0.05, 0.1) is 0 Å². The van der Waals surface area contributed by atoms with Gasteiger partial charge >= 0.3 is 0 Å². The predicted octanol–water partition coefficient (Wildman–Crippen LogP) is 2.73. The lowest BCUT2D eigenvalue weighted by molar-refractivity contribution is 0.414. The summed E-state index contributed by atoms with van der Waals surface area (Å²) >= 11 is 5.94. The molecule has 0 atom stereocenters. The summed E-state index contributed by atoms with van der Waals surface area (Å²) < 4.78 is 0. The van der Waals surface area contributed by atoms with Gasteiger partial charge in [0.1, 0.15) is 0 Å². The van der Waals surface area contributed by atoms with E-state index in [1.54, 1.807) is 7.05 Å². The maximum absolute atomic E-state index is 5.94.